The predicted octanol–water partition coefficient (Wildman–Crippen LogP) is 8.46. The summed E-state index contributed by atoms with van der Waals surface area (Å²) >= 11 is 0. The first kappa shape index (κ1) is 26.7. The smallest absolute Gasteiger partial charge is 0.159 e. The fourth-order valence-corrected chi connectivity index (χ4v) is 3.84. The fraction of sp³-hybridized carbons (Fsp3) is 0.467. The van der Waals surface area contributed by atoms with Crippen LogP contribution in [0, 0.1) is 0 Å². The third-order valence-corrected chi connectivity index (χ3v) is 6.06. The predicted molar refractivity (Wildman–Crippen MR) is 142 cm³/mol. The molecule has 0 amide bonds. The molecule has 2 aromatic carbocycles. The monoisotopic (exact) mass is 478 g/mol. The molecule has 4 nitrogen and oxygen atoms in total. The Hall–Kier alpha value is -2.95. The number of rotatable bonds is 15. The molecular formula is C30H39FN2O2. The first-order chi connectivity index (χ1) is 17.0. The van der Waals surface area contributed by atoms with Crippen molar-refractivity contribution in [3.8, 4) is 34.0 Å². The molecule has 0 N–H and O–H groups in total. The average Bonchev–Trinajstić information content (AvgIpc) is 2.88. The van der Waals surface area contributed by atoms with Crippen LogP contribution in [0.1, 0.15) is 72.1 Å². The number of unbranched alkanes of at least 4 members (excludes halogenated alkanes) is 5. The number of nitrogens with zero attached hydrogens (tertiary/aromatic N) is 2. The van der Waals surface area contributed by atoms with Gasteiger partial charge in [-0.05, 0) is 61.7 Å². The van der Waals surface area contributed by atoms with E-state index >= 15 is 0 Å². The molecule has 0 aliphatic rings. The van der Waals surface area contributed by atoms with Crippen molar-refractivity contribution in [3.63, 3.8) is 0 Å². The number of hydrogen-bond donors (Lipinski definition) is 0. The summed E-state index contributed by atoms with van der Waals surface area (Å²) in [7, 11) is 0. The van der Waals surface area contributed by atoms with E-state index in [2.05, 4.69) is 23.8 Å². The average molecular weight is 479 g/mol. The van der Waals surface area contributed by atoms with Crippen LogP contribution in [0.15, 0.2) is 60.9 Å². The summed E-state index contributed by atoms with van der Waals surface area (Å²) in [5.74, 6) is 2.21. The molecule has 1 heterocycles. The van der Waals surface area contributed by atoms with E-state index in [1.54, 1.807) is 6.92 Å². The van der Waals surface area contributed by atoms with Crippen LogP contribution in [0.5, 0.6) is 11.5 Å². The second-order valence-electron chi connectivity index (χ2n) is 9.41. The molecule has 0 aliphatic carbocycles. The topological polar surface area (TPSA) is 44.2 Å². The lowest BCUT2D eigenvalue weighted by Gasteiger charge is -2.20. The Morgan fingerprint density at radius 1 is 0.686 bits per heavy atom. The van der Waals surface area contributed by atoms with Crippen molar-refractivity contribution >= 4 is 0 Å². The maximum atomic E-state index is 14.6. The zero-order chi connectivity index (χ0) is 24.9. The quantitative estimate of drug-likeness (QED) is 0.206. The first-order valence-electron chi connectivity index (χ1n) is 13.0. The molecule has 0 fully saturated rings. The van der Waals surface area contributed by atoms with Crippen LogP contribution in [0.25, 0.3) is 22.5 Å². The van der Waals surface area contributed by atoms with Gasteiger partial charge in [0.25, 0.3) is 0 Å². The van der Waals surface area contributed by atoms with Gasteiger partial charge in [-0.1, -0.05) is 64.5 Å². The van der Waals surface area contributed by atoms with Crippen LogP contribution >= 0.6 is 0 Å². The molecule has 0 unspecified atom stereocenters. The number of halogens is 1. The van der Waals surface area contributed by atoms with E-state index in [0.717, 1.165) is 54.7 Å². The Balaban J connectivity index is 1.52. The summed E-state index contributed by atoms with van der Waals surface area (Å²) in [4.78, 5) is 9.09. The Labute approximate surface area is 209 Å². The Bertz CT molecular complexity index is 986. The highest BCUT2D eigenvalue weighted by Crippen LogP contribution is 2.26. The minimum Gasteiger partial charge on any atom is -0.494 e. The Morgan fingerprint density at radius 3 is 1.89 bits per heavy atom. The van der Waals surface area contributed by atoms with Gasteiger partial charge < -0.3 is 9.47 Å². The summed E-state index contributed by atoms with van der Waals surface area (Å²) in [5, 5.41) is 0. The second kappa shape index (κ2) is 13.8. The summed E-state index contributed by atoms with van der Waals surface area (Å²) in [5.41, 5.74) is 1.55. The SMILES string of the molecule is CCCCCCOc1ccc(-c2ncc(-c3ccc(OC[C@@](C)(F)CCCCC)cc3)cn2)cc1. The number of benzene rings is 2. The van der Waals surface area contributed by atoms with Crippen LogP contribution in [-0.4, -0.2) is 28.9 Å². The van der Waals surface area contributed by atoms with Gasteiger partial charge >= 0.3 is 0 Å². The molecule has 1 aromatic heterocycles. The molecule has 0 spiro atoms. The molecular weight excluding hydrogens is 439 g/mol. The third kappa shape index (κ3) is 8.97. The molecule has 5 heteroatoms. The van der Waals surface area contributed by atoms with Gasteiger partial charge in [0.2, 0.25) is 0 Å². The summed E-state index contributed by atoms with van der Waals surface area (Å²) < 4.78 is 26.1. The Morgan fingerprint density at radius 2 is 1.26 bits per heavy atom. The van der Waals surface area contributed by atoms with Gasteiger partial charge in [-0.2, -0.15) is 0 Å². The van der Waals surface area contributed by atoms with Crippen molar-refractivity contribution in [2.75, 3.05) is 13.2 Å². The molecule has 0 saturated heterocycles. The van der Waals surface area contributed by atoms with Crippen molar-refractivity contribution in [2.45, 2.75) is 77.8 Å². The molecule has 0 bridgehead atoms. The van der Waals surface area contributed by atoms with Gasteiger partial charge in [0.1, 0.15) is 23.8 Å². The standard InChI is InChI=1S/C30H39FN2O2/c1-4-6-8-10-20-34-27-17-13-25(14-18-27)29-32-21-26(22-33-29)24-11-15-28(16-12-24)35-23-30(3,31)19-9-7-5-2/h11-18,21-22H,4-10,19-20,23H2,1-3H3/t30-/m0/s1. The third-order valence-electron chi connectivity index (χ3n) is 6.06. The molecule has 0 radical (unpaired) electrons. The van der Waals surface area contributed by atoms with Crippen molar-refractivity contribution < 1.29 is 13.9 Å². The van der Waals surface area contributed by atoms with Crippen LogP contribution in [0.3, 0.4) is 0 Å². The zero-order valence-corrected chi connectivity index (χ0v) is 21.4. The van der Waals surface area contributed by atoms with E-state index in [4.69, 9.17) is 9.47 Å². The van der Waals surface area contributed by atoms with Crippen LogP contribution < -0.4 is 9.47 Å². The normalized spacial score (nSPS) is 12.8. The number of ether oxygens (including phenoxy) is 2. The van der Waals surface area contributed by atoms with Crippen molar-refractivity contribution in [1.82, 2.24) is 9.97 Å². The molecule has 1 atom stereocenters. The van der Waals surface area contributed by atoms with Crippen LogP contribution in [0.2, 0.25) is 0 Å². The molecule has 3 rings (SSSR count). The minimum absolute atomic E-state index is 0.0660. The highest BCUT2D eigenvalue weighted by Gasteiger charge is 2.23. The largest absolute Gasteiger partial charge is 0.494 e. The van der Waals surface area contributed by atoms with Crippen molar-refractivity contribution in [1.29, 1.82) is 0 Å². The summed E-state index contributed by atoms with van der Waals surface area (Å²) in [6.45, 7) is 6.76. The van der Waals surface area contributed by atoms with E-state index in [9.17, 15) is 4.39 Å². The second-order valence-corrected chi connectivity index (χ2v) is 9.41. The van der Waals surface area contributed by atoms with Crippen molar-refractivity contribution in [2.24, 2.45) is 0 Å². The van der Waals surface area contributed by atoms with Crippen molar-refractivity contribution in [3.05, 3.63) is 60.9 Å². The fourth-order valence-electron chi connectivity index (χ4n) is 3.84. The van der Waals surface area contributed by atoms with E-state index in [1.807, 2.05) is 60.9 Å². The van der Waals surface area contributed by atoms with Crippen LogP contribution in [0.4, 0.5) is 4.39 Å². The summed E-state index contributed by atoms with van der Waals surface area (Å²) in [6, 6.07) is 15.6. The highest BCUT2D eigenvalue weighted by atomic mass is 19.1. The van der Waals surface area contributed by atoms with E-state index in [-0.39, 0.29) is 6.61 Å². The van der Waals surface area contributed by atoms with Gasteiger partial charge in [0.15, 0.2) is 5.82 Å². The molecule has 3 aromatic rings. The van der Waals surface area contributed by atoms with Gasteiger partial charge in [-0.25, -0.2) is 14.4 Å². The lowest BCUT2D eigenvalue weighted by molar-refractivity contribution is 0.0907. The number of hydrogen-bond acceptors (Lipinski definition) is 4. The van der Waals surface area contributed by atoms with Crippen LogP contribution in [-0.2, 0) is 0 Å². The molecule has 0 aliphatic heterocycles. The van der Waals surface area contributed by atoms with Gasteiger partial charge in [0.05, 0.1) is 6.61 Å². The van der Waals surface area contributed by atoms with E-state index < -0.39 is 5.67 Å². The van der Waals surface area contributed by atoms with Gasteiger partial charge in [-0.15, -0.1) is 0 Å². The molecule has 0 saturated carbocycles. The molecule has 35 heavy (non-hydrogen) atoms. The Kier molecular flexibility index (Phi) is 10.5. The number of alkyl halides is 1. The molecule has 188 valence electrons. The summed E-state index contributed by atoms with van der Waals surface area (Å²) in [6.07, 6.45) is 12.0. The maximum absolute atomic E-state index is 14.6. The highest BCUT2D eigenvalue weighted by molar-refractivity contribution is 5.64. The zero-order valence-electron chi connectivity index (χ0n) is 21.4. The van der Waals surface area contributed by atoms with Gasteiger partial charge in [0, 0.05) is 23.5 Å². The maximum Gasteiger partial charge on any atom is 0.159 e. The lowest BCUT2D eigenvalue weighted by atomic mass is 10.0. The first-order valence-corrected chi connectivity index (χ1v) is 13.0. The minimum atomic E-state index is -1.31. The lowest BCUT2D eigenvalue weighted by Crippen LogP contribution is -2.27. The van der Waals surface area contributed by atoms with E-state index in [1.165, 1.54) is 19.3 Å². The van der Waals surface area contributed by atoms with Gasteiger partial charge in [-0.3, -0.25) is 0 Å². The van der Waals surface area contributed by atoms with E-state index in [0.29, 0.717) is 18.0 Å². The number of aromatic nitrogens is 2.